The first-order valence-electron chi connectivity index (χ1n) is 9.24. The summed E-state index contributed by atoms with van der Waals surface area (Å²) in [5, 5.41) is 7.18. The first-order valence-corrected chi connectivity index (χ1v) is 9.62. The Bertz CT molecular complexity index is 995. The molecule has 0 bridgehead atoms. The van der Waals surface area contributed by atoms with Crippen LogP contribution >= 0.6 is 11.6 Å². The molecule has 2 atom stereocenters. The number of alkyl halides is 3. The maximum atomic E-state index is 13.1. The fourth-order valence-corrected chi connectivity index (χ4v) is 3.89. The SMILES string of the molecule is CC1Cn2ncc(N3CC(C(F)(F)F)CC3=O)c2CN1C(=O)Nc1ccnc(Cl)c1. The van der Waals surface area contributed by atoms with Gasteiger partial charge in [0.2, 0.25) is 5.91 Å². The molecule has 1 N–H and O–H groups in total. The van der Waals surface area contributed by atoms with Crippen molar-refractivity contribution in [2.24, 2.45) is 5.92 Å². The number of aromatic nitrogens is 3. The van der Waals surface area contributed by atoms with Crippen molar-refractivity contribution in [3.05, 3.63) is 35.4 Å². The summed E-state index contributed by atoms with van der Waals surface area (Å²) in [5.41, 5.74) is 1.30. The zero-order valence-corrected chi connectivity index (χ0v) is 16.6. The highest BCUT2D eigenvalue weighted by molar-refractivity contribution is 6.29. The average molecular weight is 443 g/mol. The second kappa shape index (κ2) is 7.46. The van der Waals surface area contributed by atoms with E-state index >= 15 is 0 Å². The molecule has 2 aliphatic rings. The Morgan fingerprint density at radius 1 is 1.33 bits per heavy atom. The standard InChI is InChI=1S/C18H18ClF3N6O2/c1-10-7-28-14(9-26(10)17(30)25-12-2-3-23-15(19)5-12)13(6-24-28)27-8-11(4-16(27)29)18(20,21)22/h2-3,5-6,10-11H,4,7-9H2,1H3,(H,23,25,30). The number of anilines is 2. The van der Waals surface area contributed by atoms with E-state index in [0.29, 0.717) is 23.6 Å². The summed E-state index contributed by atoms with van der Waals surface area (Å²) in [6.45, 7) is 1.84. The molecule has 0 radical (unpaired) electrons. The van der Waals surface area contributed by atoms with Crippen LogP contribution in [0.15, 0.2) is 24.5 Å². The predicted octanol–water partition coefficient (Wildman–Crippen LogP) is 3.28. The summed E-state index contributed by atoms with van der Waals surface area (Å²) < 4.78 is 40.8. The average Bonchev–Trinajstić information content (AvgIpc) is 3.23. The topological polar surface area (TPSA) is 83.4 Å². The number of hydrogen-bond acceptors (Lipinski definition) is 4. The lowest BCUT2D eigenvalue weighted by atomic mass is 10.1. The molecule has 2 aromatic rings. The normalized spacial score (nSPS) is 21.7. The summed E-state index contributed by atoms with van der Waals surface area (Å²) in [6, 6.07) is 2.47. The molecule has 2 unspecified atom stereocenters. The van der Waals surface area contributed by atoms with Crippen molar-refractivity contribution in [3.8, 4) is 0 Å². The number of hydrogen-bond donors (Lipinski definition) is 1. The highest BCUT2D eigenvalue weighted by Gasteiger charge is 2.48. The number of rotatable bonds is 2. The van der Waals surface area contributed by atoms with Gasteiger partial charge in [-0.3, -0.25) is 9.48 Å². The number of pyridine rings is 1. The zero-order valence-electron chi connectivity index (χ0n) is 15.9. The molecule has 0 aliphatic carbocycles. The van der Waals surface area contributed by atoms with Crippen molar-refractivity contribution in [2.45, 2.75) is 38.7 Å². The third kappa shape index (κ3) is 3.81. The lowest BCUT2D eigenvalue weighted by Gasteiger charge is -2.35. The van der Waals surface area contributed by atoms with Crippen LogP contribution < -0.4 is 10.2 Å². The fourth-order valence-electron chi connectivity index (χ4n) is 3.72. The van der Waals surface area contributed by atoms with E-state index in [2.05, 4.69) is 15.4 Å². The number of halogens is 4. The third-order valence-electron chi connectivity index (χ3n) is 5.33. The molecule has 2 aromatic heterocycles. The molecule has 160 valence electrons. The van der Waals surface area contributed by atoms with Gasteiger partial charge in [-0.15, -0.1) is 0 Å². The van der Waals surface area contributed by atoms with Crippen LogP contribution in [0.1, 0.15) is 19.0 Å². The highest BCUT2D eigenvalue weighted by atomic mass is 35.5. The van der Waals surface area contributed by atoms with Crippen molar-refractivity contribution >= 4 is 34.9 Å². The third-order valence-corrected chi connectivity index (χ3v) is 5.54. The quantitative estimate of drug-likeness (QED) is 0.723. The largest absolute Gasteiger partial charge is 0.394 e. The predicted molar refractivity (Wildman–Crippen MR) is 102 cm³/mol. The van der Waals surface area contributed by atoms with Gasteiger partial charge < -0.3 is 15.1 Å². The Balaban J connectivity index is 1.55. The van der Waals surface area contributed by atoms with Crippen LogP contribution in [0.5, 0.6) is 0 Å². The number of urea groups is 1. The summed E-state index contributed by atoms with van der Waals surface area (Å²) in [5.74, 6) is -2.31. The number of nitrogens with one attached hydrogen (secondary N) is 1. The minimum absolute atomic E-state index is 0.0988. The molecule has 1 fully saturated rings. The van der Waals surface area contributed by atoms with Crippen LogP contribution in [0, 0.1) is 5.92 Å². The second-order valence-electron chi connectivity index (χ2n) is 7.38. The van der Waals surface area contributed by atoms with Gasteiger partial charge in [-0.05, 0) is 19.1 Å². The van der Waals surface area contributed by atoms with E-state index in [0.717, 1.165) is 4.90 Å². The van der Waals surface area contributed by atoms with Gasteiger partial charge in [-0.25, -0.2) is 9.78 Å². The van der Waals surface area contributed by atoms with E-state index < -0.39 is 37.0 Å². The van der Waals surface area contributed by atoms with Crippen molar-refractivity contribution < 1.29 is 22.8 Å². The van der Waals surface area contributed by atoms with Gasteiger partial charge in [0.25, 0.3) is 0 Å². The van der Waals surface area contributed by atoms with Gasteiger partial charge >= 0.3 is 12.2 Å². The minimum atomic E-state index is -4.44. The molecule has 30 heavy (non-hydrogen) atoms. The van der Waals surface area contributed by atoms with E-state index in [1.165, 1.54) is 23.4 Å². The number of amides is 3. The van der Waals surface area contributed by atoms with Crippen molar-refractivity contribution in [3.63, 3.8) is 0 Å². The maximum absolute atomic E-state index is 13.1. The van der Waals surface area contributed by atoms with Gasteiger partial charge in [0.05, 0.1) is 42.6 Å². The molecule has 0 aromatic carbocycles. The molecule has 3 amide bonds. The number of fused-ring (bicyclic) bond motifs is 1. The van der Waals surface area contributed by atoms with Crippen LogP contribution in [-0.4, -0.2) is 50.4 Å². The summed E-state index contributed by atoms with van der Waals surface area (Å²) in [4.78, 5) is 31.5. The van der Waals surface area contributed by atoms with E-state index in [1.54, 1.807) is 10.7 Å². The molecule has 8 nitrogen and oxygen atoms in total. The number of carbonyl (C=O) groups is 2. The van der Waals surface area contributed by atoms with E-state index in [9.17, 15) is 22.8 Å². The molecule has 4 heterocycles. The zero-order chi connectivity index (χ0) is 21.6. The summed E-state index contributed by atoms with van der Waals surface area (Å²) >= 11 is 5.84. The summed E-state index contributed by atoms with van der Waals surface area (Å²) in [6.07, 6.45) is -2.18. The first kappa shape index (κ1) is 20.5. The smallest absolute Gasteiger partial charge is 0.314 e. The summed E-state index contributed by atoms with van der Waals surface area (Å²) in [7, 11) is 0. The van der Waals surface area contributed by atoms with Gasteiger partial charge in [0.15, 0.2) is 0 Å². The fraction of sp³-hybridized carbons (Fsp3) is 0.444. The Kier molecular flexibility index (Phi) is 5.08. The molecule has 0 saturated carbocycles. The van der Waals surface area contributed by atoms with Crippen molar-refractivity contribution in [1.29, 1.82) is 0 Å². The first-order chi connectivity index (χ1) is 14.1. The Labute approximate surface area is 174 Å². The maximum Gasteiger partial charge on any atom is 0.394 e. The van der Waals surface area contributed by atoms with Crippen LogP contribution in [0.2, 0.25) is 5.15 Å². The lowest BCUT2D eigenvalue weighted by Crippen LogP contribution is -2.47. The molecule has 0 spiro atoms. The van der Waals surface area contributed by atoms with E-state index in [1.807, 2.05) is 6.92 Å². The Morgan fingerprint density at radius 2 is 2.10 bits per heavy atom. The Morgan fingerprint density at radius 3 is 2.77 bits per heavy atom. The van der Waals surface area contributed by atoms with Gasteiger partial charge in [-0.1, -0.05) is 11.6 Å². The molecule has 2 aliphatic heterocycles. The number of carbonyl (C=O) groups excluding carboxylic acids is 2. The molecular formula is C18H18ClF3N6O2. The Hall–Kier alpha value is -2.82. The van der Waals surface area contributed by atoms with Crippen molar-refractivity contribution in [1.82, 2.24) is 19.7 Å². The van der Waals surface area contributed by atoms with Crippen LogP contribution in [0.4, 0.5) is 29.3 Å². The van der Waals surface area contributed by atoms with Gasteiger partial charge in [-0.2, -0.15) is 18.3 Å². The molecular weight excluding hydrogens is 425 g/mol. The van der Waals surface area contributed by atoms with Gasteiger partial charge in [0.1, 0.15) is 5.15 Å². The van der Waals surface area contributed by atoms with Crippen molar-refractivity contribution in [2.75, 3.05) is 16.8 Å². The van der Waals surface area contributed by atoms with E-state index in [-0.39, 0.29) is 17.7 Å². The molecule has 12 heteroatoms. The van der Waals surface area contributed by atoms with Crippen LogP contribution in [0.25, 0.3) is 0 Å². The van der Waals surface area contributed by atoms with E-state index in [4.69, 9.17) is 11.6 Å². The van der Waals surface area contributed by atoms with Gasteiger partial charge in [0, 0.05) is 24.8 Å². The van der Waals surface area contributed by atoms with Crippen LogP contribution in [-0.2, 0) is 17.9 Å². The monoisotopic (exact) mass is 442 g/mol. The molecule has 4 rings (SSSR count). The highest BCUT2D eigenvalue weighted by Crippen LogP contribution is 2.38. The van der Waals surface area contributed by atoms with Crippen LogP contribution in [0.3, 0.4) is 0 Å². The lowest BCUT2D eigenvalue weighted by molar-refractivity contribution is -0.169. The second-order valence-corrected chi connectivity index (χ2v) is 7.77. The number of nitrogens with zero attached hydrogens (tertiary/aromatic N) is 5. The molecule has 1 saturated heterocycles. The minimum Gasteiger partial charge on any atom is -0.314 e.